The Morgan fingerprint density at radius 3 is 2.71 bits per heavy atom. The van der Waals surface area contributed by atoms with Crippen LogP contribution < -0.4 is 10.1 Å². The highest BCUT2D eigenvalue weighted by Crippen LogP contribution is 2.49. The first-order valence-corrected chi connectivity index (χ1v) is 8.06. The van der Waals surface area contributed by atoms with Crippen molar-refractivity contribution in [3.05, 3.63) is 29.6 Å². The molecular weight excluding hydrogens is 265 g/mol. The number of hydrogen-bond acceptors (Lipinski definition) is 2. The van der Waals surface area contributed by atoms with Crippen LogP contribution in [0.1, 0.15) is 58.1 Å². The molecule has 1 aliphatic carbocycles. The molecule has 1 saturated carbocycles. The number of benzene rings is 1. The summed E-state index contributed by atoms with van der Waals surface area (Å²) in [5.74, 6) is 0.897. The van der Waals surface area contributed by atoms with E-state index in [2.05, 4.69) is 26.1 Å². The Bertz CT molecular complexity index is 472. The molecule has 1 aliphatic rings. The van der Waals surface area contributed by atoms with E-state index in [0.29, 0.717) is 11.7 Å². The van der Waals surface area contributed by atoms with Gasteiger partial charge in [-0.3, -0.25) is 0 Å². The molecule has 0 amide bonds. The summed E-state index contributed by atoms with van der Waals surface area (Å²) in [6.07, 6.45) is 4.68. The van der Waals surface area contributed by atoms with Crippen molar-refractivity contribution >= 4 is 0 Å². The summed E-state index contributed by atoms with van der Waals surface area (Å²) in [6.45, 7) is 7.69. The maximum atomic E-state index is 14.5. The van der Waals surface area contributed by atoms with Gasteiger partial charge in [0, 0.05) is 17.7 Å². The van der Waals surface area contributed by atoms with Crippen LogP contribution in [0.15, 0.2) is 18.2 Å². The fourth-order valence-electron chi connectivity index (χ4n) is 3.63. The van der Waals surface area contributed by atoms with Crippen molar-refractivity contribution in [2.45, 2.75) is 52.5 Å². The molecule has 0 spiro atoms. The Balaban J connectivity index is 2.31. The van der Waals surface area contributed by atoms with Gasteiger partial charge in [-0.05, 0) is 43.2 Å². The van der Waals surface area contributed by atoms with Crippen molar-refractivity contribution in [2.24, 2.45) is 11.3 Å². The monoisotopic (exact) mass is 293 g/mol. The third-order valence-corrected chi connectivity index (χ3v) is 4.90. The van der Waals surface area contributed by atoms with Crippen molar-refractivity contribution in [2.75, 3.05) is 13.7 Å². The summed E-state index contributed by atoms with van der Waals surface area (Å²) < 4.78 is 19.6. The Morgan fingerprint density at radius 1 is 1.43 bits per heavy atom. The maximum Gasteiger partial charge on any atom is 0.131 e. The van der Waals surface area contributed by atoms with Crippen molar-refractivity contribution in [3.8, 4) is 5.75 Å². The SMILES string of the molecule is CCCNC(c1ccc(OC)cc1F)C1CCCC1(C)C. The van der Waals surface area contributed by atoms with E-state index in [1.807, 2.05) is 12.1 Å². The van der Waals surface area contributed by atoms with Gasteiger partial charge in [-0.25, -0.2) is 4.39 Å². The summed E-state index contributed by atoms with van der Waals surface area (Å²) >= 11 is 0. The Morgan fingerprint density at radius 2 is 2.19 bits per heavy atom. The van der Waals surface area contributed by atoms with Gasteiger partial charge in [0.25, 0.3) is 0 Å². The lowest BCUT2D eigenvalue weighted by atomic mass is 9.75. The van der Waals surface area contributed by atoms with Gasteiger partial charge in [0.05, 0.1) is 7.11 Å². The zero-order chi connectivity index (χ0) is 15.5. The molecule has 21 heavy (non-hydrogen) atoms. The van der Waals surface area contributed by atoms with Gasteiger partial charge in [-0.1, -0.05) is 33.3 Å². The van der Waals surface area contributed by atoms with E-state index in [-0.39, 0.29) is 17.3 Å². The summed E-state index contributed by atoms with van der Waals surface area (Å²) in [5, 5.41) is 3.58. The molecular formula is C18H28FNO. The van der Waals surface area contributed by atoms with Crippen LogP contribution in [0.5, 0.6) is 5.75 Å². The molecule has 2 unspecified atom stereocenters. The average molecular weight is 293 g/mol. The second kappa shape index (κ2) is 6.78. The zero-order valence-electron chi connectivity index (χ0n) is 13.7. The molecule has 1 aromatic carbocycles. The second-order valence-electron chi connectivity index (χ2n) is 6.81. The van der Waals surface area contributed by atoms with Gasteiger partial charge in [-0.15, -0.1) is 0 Å². The molecule has 3 heteroatoms. The van der Waals surface area contributed by atoms with Crippen molar-refractivity contribution in [1.29, 1.82) is 0 Å². The molecule has 0 saturated heterocycles. The Hall–Kier alpha value is -1.09. The van der Waals surface area contributed by atoms with Gasteiger partial charge in [-0.2, -0.15) is 0 Å². The second-order valence-corrected chi connectivity index (χ2v) is 6.81. The number of halogens is 1. The van der Waals surface area contributed by atoms with Crippen LogP contribution in [0.25, 0.3) is 0 Å². The summed E-state index contributed by atoms with van der Waals surface area (Å²) in [6, 6.07) is 5.34. The third kappa shape index (κ3) is 3.57. The van der Waals surface area contributed by atoms with Gasteiger partial charge < -0.3 is 10.1 Å². The highest BCUT2D eigenvalue weighted by Gasteiger charge is 2.40. The molecule has 1 aromatic rings. The predicted molar refractivity (Wildman–Crippen MR) is 85.1 cm³/mol. The quantitative estimate of drug-likeness (QED) is 0.820. The summed E-state index contributed by atoms with van der Waals surface area (Å²) in [5.41, 5.74) is 1.04. The average Bonchev–Trinajstić information content (AvgIpc) is 2.80. The molecule has 0 radical (unpaired) electrons. The van der Waals surface area contributed by atoms with Gasteiger partial charge in [0.1, 0.15) is 11.6 Å². The number of hydrogen-bond donors (Lipinski definition) is 1. The molecule has 0 aromatic heterocycles. The number of methoxy groups -OCH3 is 1. The molecule has 1 N–H and O–H groups in total. The molecule has 2 nitrogen and oxygen atoms in total. The molecule has 0 aliphatic heterocycles. The van der Waals surface area contributed by atoms with Crippen molar-refractivity contribution in [1.82, 2.24) is 5.32 Å². The van der Waals surface area contributed by atoms with Crippen LogP contribution in [0.4, 0.5) is 4.39 Å². The topological polar surface area (TPSA) is 21.3 Å². The van der Waals surface area contributed by atoms with Crippen molar-refractivity contribution < 1.29 is 9.13 Å². The van der Waals surface area contributed by atoms with Gasteiger partial charge >= 0.3 is 0 Å². The first-order valence-electron chi connectivity index (χ1n) is 8.06. The van der Waals surface area contributed by atoms with Crippen molar-refractivity contribution in [3.63, 3.8) is 0 Å². The minimum Gasteiger partial charge on any atom is -0.497 e. The normalized spacial score (nSPS) is 22.2. The van der Waals surface area contributed by atoms with E-state index in [9.17, 15) is 4.39 Å². The van der Waals surface area contributed by atoms with Crippen LogP contribution in [0, 0.1) is 17.2 Å². The van der Waals surface area contributed by atoms with E-state index in [4.69, 9.17) is 4.74 Å². The highest BCUT2D eigenvalue weighted by molar-refractivity contribution is 5.31. The highest BCUT2D eigenvalue weighted by atomic mass is 19.1. The standard InChI is InChI=1S/C18H28FNO/c1-5-11-20-17(15-7-6-10-18(15,2)3)14-9-8-13(21-4)12-16(14)19/h8-9,12,15,17,20H,5-7,10-11H2,1-4H3. The van der Waals surface area contributed by atoms with E-state index in [1.165, 1.54) is 25.3 Å². The lowest BCUT2D eigenvalue weighted by Gasteiger charge is -2.35. The molecule has 1 fully saturated rings. The lowest BCUT2D eigenvalue weighted by Crippen LogP contribution is -2.35. The number of nitrogens with one attached hydrogen (secondary N) is 1. The van der Waals surface area contributed by atoms with Crippen LogP contribution in [-0.4, -0.2) is 13.7 Å². The van der Waals surface area contributed by atoms with E-state index >= 15 is 0 Å². The first kappa shape index (κ1) is 16.3. The molecule has 2 rings (SSSR count). The van der Waals surface area contributed by atoms with Crippen LogP contribution >= 0.6 is 0 Å². The van der Waals surface area contributed by atoms with Gasteiger partial charge in [0.2, 0.25) is 0 Å². The molecule has 2 atom stereocenters. The number of ether oxygens (including phenoxy) is 1. The third-order valence-electron chi connectivity index (χ3n) is 4.90. The molecule has 0 heterocycles. The fraction of sp³-hybridized carbons (Fsp3) is 0.667. The lowest BCUT2D eigenvalue weighted by molar-refractivity contribution is 0.195. The largest absolute Gasteiger partial charge is 0.497 e. The van der Waals surface area contributed by atoms with Crippen LogP contribution in [0.3, 0.4) is 0 Å². The maximum absolute atomic E-state index is 14.5. The summed E-state index contributed by atoms with van der Waals surface area (Å²) in [7, 11) is 1.57. The Labute approximate surface area is 128 Å². The first-order chi connectivity index (χ1) is 9.99. The fourth-order valence-corrected chi connectivity index (χ4v) is 3.63. The van der Waals surface area contributed by atoms with Crippen LogP contribution in [0.2, 0.25) is 0 Å². The van der Waals surface area contributed by atoms with E-state index in [1.54, 1.807) is 7.11 Å². The van der Waals surface area contributed by atoms with E-state index < -0.39 is 0 Å². The zero-order valence-corrected chi connectivity index (χ0v) is 13.7. The van der Waals surface area contributed by atoms with E-state index in [0.717, 1.165) is 18.5 Å². The summed E-state index contributed by atoms with van der Waals surface area (Å²) in [4.78, 5) is 0. The minimum absolute atomic E-state index is 0.0911. The molecule has 0 bridgehead atoms. The van der Waals surface area contributed by atoms with Gasteiger partial charge in [0.15, 0.2) is 0 Å². The smallest absolute Gasteiger partial charge is 0.131 e. The molecule has 118 valence electrons. The predicted octanol–water partition coefficient (Wildman–Crippen LogP) is 4.70. The van der Waals surface area contributed by atoms with Crippen LogP contribution in [-0.2, 0) is 0 Å². The number of rotatable bonds is 6. The Kier molecular flexibility index (Phi) is 5.26. The minimum atomic E-state index is -0.161.